The molecule has 2 aromatic carbocycles. The molecule has 4 nitrogen and oxygen atoms in total. The molecule has 0 spiro atoms. The van der Waals surface area contributed by atoms with Gasteiger partial charge >= 0.3 is 0 Å². The topological polar surface area (TPSA) is 42.4 Å². The van der Waals surface area contributed by atoms with Crippen LogP contribution in [0.1, 0.15) is 26.7 Å². The third-order valence-electron chi connectivity index (χ3n) is 5.56. The second-order valence-corrected chi connectivity index (χ2v) is 8.36. The summed E-state index contributed by atoms with van der Waals surface area (Å²) in [6.07, 6.45) is 3.32. The van der Waals surface area contributed by atoms with Gasteiger partial charge in [-0.1, -0.05) is 18.5 Å². The first-order valence-corrected chi connectivity index (χ1v) is 10.6. The predicted octanol–water partition coefficient (Wildman–Crippen LogP) is 5.72. The van der Waals surface area contributed by atoms with Crippen LogP contribution in [0.5, 0.6) is 5.75 Å². The van der Waals surface area contributed by atoms with E-state index in [1.807, 2.05) is 29.2 Å². The second-order valence-electron chi connectivity index (χ2n) is 7.95. The summed E-state index contributed by atoms with van der Waals surface area (Å²) < 4.78 is 19.4. The number of aromatic nitrogens is 1. The smallest absolute Gasteiger partial charge is 0.263 e. The Labute approximate surface area is 180 Å². The summed E-state index contributed by atoms with van der Waals surface area (Å²) >= 11 is 6.26. The van der Waals surface area contributed by atoms with Crippen molar-refractivity contribution in [1.29, 1.82) is 0 Å². The van der Waals surface area contributed by atoms with E-state index in [9.17, 15) is 9.18 Å². The van der Waals surface area contributed by atoms with E-state index in [1.54, 1.807) is 19.2 Å². The Morgan fingerprint density at radius 1 is 1.23 bits per heavy atom. The van der Waals surface area contributed by atoms with Gasteiger partial charge in [-0.2, -0.15) is 0 Å². The fourth-order valence-electron chi connectivity index (χ4n) is 4.05. The van der Waals surface area contributed by atoms with E-state index < -0.39 is 6.10 Å². The summed E-state index contributed by atoms with van der Waals surface area (Å²) in [5.74, 6) is 0.751. The molecule has 3 aromatic rings. The molecule has 1 aromatic heterocycles. The molecule has 6 heteroatoms. The van der Waals surface area contributed by atoms with Crippen LogP contribution >= 0.6 is 11.6 Å². The third-order valence-corrected chi connectivity index (χ3v) is 5.88. The summed E-state index contributed by atoms with van der Waals surface area (Å²) in [6.45, 7) is 5.53. The third kappa shape index (κ3) is 4.26. The van der Waals surface area contributed by atoms with Gasteiger partial charge in [0, 0.05) is 36.3 Å². The van der Waals surface area contributed by atoms with Crippen molar-refractivity contribution >= 4 is 28.4 Å². The van der Waals surface area contributed by atoms with Crippen molar-refractivity contribution in [1.82, 2.24) is 9.88 Å². The lowest BCUT2D eigenvalue weighted by Crippen LogP contribution is -2.45. The number of halogens is 2. The highest BCUT2D eigenvalue weighted by Gasteiger charge is 2.26. The van der Waals surface area contributed by atoms with Gasteiger partial charge in [0.25, 0.3) is 5.91 Å². The van der Waals surface area contributed by atoms with Crippen LogP contribution in [-0.2, 0) is 4.79 Å². The molecule has 1 aliphatic rings. The number of nitrogens with zero attached hydrogens (tertiary/aromatic N) is 2. The molecule has 2 atom stereocenters. The van der Waals surface area contributed by atoms with Crippen LogP contribution < -0.4 is 4.74 Å². The van der Waals surface area contributed by atoms with E-state index in [-0.39, 0.29) is 11.7 Å². The molecule has 30 heavy (non-hydrogen) atoms. The fourth-order valence-corrected chi connectivity index (χ4v) is 4.31. The lowest BCUT2D eigenvalue weighted by atomic mass is 10.00. The maximum Gasteiger partial charge on any atom is 0.263 e. The Morgan fingerprint density at radius 3 is 2.83 bits per heavy atom. The van der Waals surface area contributed by atoms with Crippen LogP contribution in [0.3, 0.4) is 0 Å². The van der Waals surface area contributed by atoms with Crippen LogP contribution in [0, 0.1) is 11.7 Å². The Hall–Kier alpha value is -2.66. The van der Waals surface area contributed by atoms with Crippen molar-refractivity contribution in [2.24, 2.45) is 5.92 Å². The van der Waals surface area contributed by atoms with E-state index in [2.05, 4.69) is 11.9 Å². The summed E-state index contributed by atoms with van der Waals surface area (Å²) in [5.41, 5.74) is 2.32. The van der Waals surface area contributed by atoms with Gasteiger partial charge < -0.3 is 9.64 Å². The Morgan fingerprint density at radius 2 is 2.07 bits per heavy atom. The largest absolute Gasteiger partial charge is 0.481 e. The lowest BCUT2D eigenvalue weighted by molar-refractivity contribution is -0.139. The molecule has 0 saturated carbocycles. The lowest BCUT2D eigenvalue weighted by Gasteiger charge is -2.32. The van der Waals surface area contributed by atoms with Crippen LogP contribution in [0.4, 0.5) is 4.39 Å². The van der Waals surface area contributed by atoms with Crippen molar-refractivity contribution in [3.63, 3.8) is 0 Å². The maximum absolute atomic E-state index is 13.4. The number of hydrogen-bond acceptors (Lipinski definition) is 3. The molecule has 4 rings (SSSR count). The van der Waals surface area contributed by atoms with E-state index in [0.29, 0.717) is 16.7 Å². The molecule has 2 heterocycles. The predicted molar refractivity (Wildman–Crippen MR) is 117 cm³/mol. The van der Waals surface area contributed by atoms with Gasteiger partial charge in [-0.05, 0) is 67.6 Å². The minimum atomic E-state index is -0.567. The standard InChI is InChI=1S/C24H24ClFN2O2/c1-15-4-3-11-28(14-15)24(29)16(2)30-18-6-8-21-19(9-10-27-23(21)13-18)20-7-5-17(26)12-22(20)25/h5-10,12-13,15-16H,3-4,11,14H2,1-2H3/t15-,16-/m1/s1. The molecule has 1 fully saturated rings. The zero-order valence-corrected chi connectivity index (χ0v) is 17.8. The second kappa shape index (κ2) is 8.60. The van der Waals surface area contributed by atoms with E-state index in [0.717, 1.165) is 48.0 Å². The number of fused-ring (bicyclic) bond motifs is 1. The average molecular weight is 427 g/mol. The van der Waals surface area contributed by atoms with Gasteiger partial charge in [-0.15, -0.1) is 0 Å². The number of benzene rings is 2. The average Bonchev–Trinajstić information content (AvgIpc) is 2.73. The van der Waals surface area contributed by atoms with Gasteiger partial charge in [-0.3, -0.25) is 9.78 Å². The normalized spacial score (nSPS) is 17.7. The van der Waals surface area contributed by atoms with Crippen molar-refractivity contribution in [2.45, 2.75) is 32.8 Å². The first kappa shape index (κ1) is 20.6. The molecule has 0 unspecified atom stereocenters. The highest BCUT2D eigenvalue weighted by atomic mass is 35.5. The quantitative estimate of drug-likeness (QED) is 0.535. The van der Waals surface area contributed by atoms with Crippen molar-refractivity contribution in [3.05, 3.63) is 59.5 Å². The van der Waals surface area contributed by atoms with Crippen LogP contribution in [0.25, 0.3) is 22.0 Å². The van der Waals surface area contributed by atoms with Gasteiger partial charge in [0.15, 0.2) is 6.10 Å². The van der Waals surface area contributed by atoms with Gasteiger partial charge in [0.1, 0.15) is 11.6 Å². The molecule has 0 aliphatic carbocycles. The minimum absolute atomic E-state index is 0.0152. The zero-order valence-electron chi connectivity index (χ0n) is 17.1. The number of rotatable bonds is 4. The molecule has 0 radical (unpaired) electrons. The van der Waals surface area contributed by atoms with Gasteiger partial charge in [0.2, 0.25) is 0 Å². The van der Waals surface area contributed by atoms with Crippen molar-refractivity contribution in [2.75, 3.05) is 13.1 Å². The number of ether oxygens (including phenoxy) is 1. The molecular weight excluding hydrogens is 403 g/mol. The maximum atomic E-state index is 13.4. The number of amides is 1. The Bertz CT molecular complexity index is 1090. The molecule has 0 N–H and O–H groups in total. The van der Waals surface area contributed by atoms with Crippen molar-refractivity contribution in [3.8, 4) is 16.9 Å². The van der Waals surface area contributed by atoms with E-state index in [1.165, 1.54) is 12.1 Å². The number of likely N-dealkylation sites (tertiary alicyclic amines) is 1. The summed E-state index contributed by atoms with van der Waals surface area (Å²) in [5, 5.41) is 1.22. The van der Waals surface area contributed by atoms with Crippen LogP contribution in [0.2, 0.25) is 5.02 Å². The highest BCUT2D eigenvalue weighted by molar-refractivity contribution is 6.33. The summed E-state index contributed by atoms with van der Waals surface area (Å²) in [7, 11) is 0. The first-order valence-electron chi connectivity index (χ1n) is 10.2. The highest BCUT2D eigenvalue weighted by Crippen LogP contribution is 2.34. The van der Waals surface area contributed by atoms with Crippen LogP contribution in [0.15, 0.2) is 48.7 Å². The Balaban J connectivity index is 1.57. The molecule has 156 valence electrons. The number of carbonyl (C=O) groups excluding carboxylic acids is 1. The van der Waals surface area contributed by atoms with Gasteiger partial charge in [-0.25, -0.2) is 4.39 Å². The minimum Gasteiger partial charge on any atom is -0.481 e. The molecular formula is C24H24ClFN2O2. The summed E-state index contributed by atoms with van der Waals surface area (Å²) in [4.78, 5) is 19.1. The molecule has 1 amide bonds. The Kier molecular flexibility index (Phi) is 5.91. The van der Waals surface area contributed by atoms with Gasteiger partial charge in [0.05, 0.1) is 10.5 Å². The molecule has 0 bridgehead atoms. The first-order chi connectivity index (χ1) is 14.4. The SMILES string of the molecule is C[C@@H]1CCCN(C(=O)[C@@H](C)Oc2ccc3c(-c4ccc(F)cc4Cl)ccnc3c2)C1. The fraction of sp³-hybridized carbons (Fsp3) is 0.333. The van der Waals surface area contributed by atoms with E-state index in [4.69, 9.17) is 16.3 Å². The number of hydrogen-bond donors (Lipinski definition) is 0. The summed E-state index contributed by atoms with van der Waals surface area (Å²) in [6, 6.07) is 11.7. The van der Waals surface area contributed by atoms with E-state index >= 15 is 0 Å². The zero-order chi connectivity index (χ0) is 21.3. The van der Waals surface area contributed by atoms with Crippen molar-refractivity contribution < 1.29 is 13.9 Å². The monoisotopic (exact) mass is 426 g/mol. The number of piperidine rings is 1. The molecule has 1 aliphatic heterocycles. The number of carbonyl (C=O) groups is 1. The number of pyridine rings is 1. The van der Waals surface area contributed by atoms with Crippen LogP contribution in [-0.4, -0.2) is 35.0 Å². The molecule has 1 saturated heterocycles.